The van der Waals surface area contributed by atoms with E-state index in [9.17, 15) is 4.39 Å². The fraction of sp³-hybridized carbons (Fsp3) is 0.235. The number of imidazole rings is 1. The Labute approximate surface area is 137 Å². The van der Waals surface area contributed by atoms with Crippen molar-refractivity contribution in [2.75, 3.05) is 5.73 Å². The number of nitrogens with two attached hydrogens (primary N) is 1. The van der Waals surface area contributed by atoms with E-state index in [-0.39, 0.29) is 17.8 Å². The van der Waals surface area contributed by atoms with Gasteiger partial charge in [0.25, 0.3) is 0 Å². The Morgan fingerprint density at radius 3 is 2.79 bits per heavy atom. The second kappa shape index (κ2) is 5.02. The average Bonchev–Trinajstić information content (AvgIpc) is 3.07. The van der Waals surface area contributed by atoms with Crippen LogP contribution in [0.3, 0.4) is 0 Å². The van der Waals surface area contributed by atoms with Gasteiger partial charge in [-0.15, -0.1) is 0 Å². The van der Waals surface area contributed by atoms with Crippen molar-refractivity contribution in [3.63, 3.8) is 0 Å². The molecule has 0 aliphatic carbocycles. The van der Waals surface area contributed by atoms with E-state index in [1.165, 1.54) is 6.07 Å². The zero-order valence-electron chi connectivity index (χ0n) is 13.6. The number of halogens is 1. The van der Waals surface area contributed by atoms with Gasteiger partial charge >= 0.3 is 0 Å². The fourth-order valence-corrected chi connectivity index (χ4v) is 3.24. The third kappa shape index (κ3) is 2.05. The predicted octanol–water partition coefficient (Wildman–Crippen LogP) is 3.59. The van der Waals surface area contributed by atoms with Crippen LogP contribution in [0.1, 0.15) is 25.7 Å². The molecule has 122 valence electrons. The Morgan fingerprint density at radius 1 is 1.25 bits per heavy atom. The molecule has 6 nitrogen and oxygen atoms in total. The Bertz CT molecular complexity index is 1080. The zero-order valence-corrected chi connectivity index (χ0v) is 13.6. The molecule has 1 aromatic carbocycles. The minimum Gasteiger partial charge on any atom is -0.368 e. The van der Waals surface area contributed by atoms with Gasteiger partial charge < -0.3 is 15.3 Å². The van der Waals surface area contributed by atoms with E-state index >= 15 is 0 Å². The number of anilines is 1. The van der Waals surface area contributed by atoms with Gasteiger partial charge in [0.1, 0.15) is 17.0 Å². The number of aromatic amines is 1. The maximum Gasteiger partial charge on any atom is 0.221 e. The predicted molar refractivity (Wildman–Crippen MR) is 92.1 cm³/mol. The molecule has 0 spiro atoms. The van der Waals surface area contributed by atoms with Gasteiger partial charge in [-0.2, -0.15) is 4.98 Å². The second-order valence-electron chi connectivity index (χ2n) is 6.14. The molecular formula is C17H17FN6. The lowest BCUT2D eigenvalue weighted by Gasteiger charge is -2.11. The standard InChI is InChI=1S/C17H17FN6/c1-8(2)24-9(3)22-15-13(18)4-10(5-14(15)24)11-6-20-16-12(11)7-21-17(19)23-16/h4-8H,1-3H3,(H3,19,20,21,23). The molecule has 0 atom stereocenters. The summed E-state index contributed by atoms with van der Waals surface area (Å²) in [5, 5.41) is 0.801. The minimum atomic E-state index is -0.337. The second-order valence-corrected chi connectivity index (χ2v) is 6.14. The van der Waals surface area contributed by atoms with Crippen LogP contribution < -0.4 is 5.73 Å². The average molecular weight is 324 g/mol. The molecule has 0 saturated heterocycles. The highest BCUT2D eigenvalue weighted by atomic mass is 19.1. The third-order valence-electron chi connectivity index (χ3n) is 4.20. The summed E-state index contributed by atoms with van der Waals surface area (Å²) in [5.74, 6) is 0.660. The third-order valence-corrected chi connectivity index (χ3v) is 4.20. The SMILES string of the molecule is Cc1nc2c(F)cc(-c3c[nH]c4nc(N)ncc34)cc2n1C(C)C. The summed E-state index contributed by atoms with van der Waals surface area (Å²) >= 11 is 0. The quantitative estimate of drug-likeness (QED) is 0.590. The number of rotatable bonds is 2. The first-order chi connectivity index (χ1) is 11.5. The van der Waals surface area contributed by atoms with Crippen molar-refractivity contribution in [3.05, 3.63) is 36.2 Å². The molecule has 3 N–H and O–H groups in total. The van der Waals surface area contributed by atoms with Crippen molar-refractivity contribution in [1.29, 1.82) is 0 Å². The van der Waals surface area contributed by atoms with Crippen LogP contribution in [0, 0.1) is 12.7 Å². The Morgan fingerprint density at radius 2 is 2.04 bits per heavy atom. The van der Waals surface area contributed by atoms with Crippen molar-refractivity contribution in [3.8, 4) is 11.1 Å². The van der Waals surface area contributed by atoms with Crippen LogP contribution >= 0.6 is 0 Å². The number of aryl methyl sites for hydroxylation is 1. The van der Waals surface area contributed by atoms with Gasteiger partial charge in [-0.05, 0) is 38.5 Å². The van der Waals surface area contributed by atoms with Crippen LogP contribution in [0.25, 0.3) is 33.2 Å². The summed E-state index contributed by atoms with van der Waals surface area (Å²) in [4.78, 5) is 15.6. The number of hydrogen-bond acceptors (Lipinski definition) is 4. The van der Waals surface area contributed by atoms with Gasteiger partial charge in [-0.1, -0.05) is 0 Å². The van der Waals surface area contributed by atoms with Gasteiger partial charge in [0.15, 0.2) is 5.82 Å². The number of nitrogens with one attached hydrogen (secondary N) is 1. The number of benzene rings is 1. The highest BCUT2D eigenvalue weighted by molar-refractivity contribution is 5.95. The Balaban J connectivity index is 2.01. The number of nitrogens with zero attached hydrogens (tertiary/aromatic N) is 4. The number of aromatic nitrogens is 5. The summed E-state index contributed by atoms with van der Waals surface area (Å²) in [6.07, 6.45) is 3.44. The molecule has 0 unspecified atom stereocenters. The molecule has 0 bridgehead atoms. The maximum absolute atomic E-state index is 14.6. The van der Waals surface area contributed by atoms with E-state index in [4.69, 9.17) is 5.73 Å². The lowest BCUT2D eigenvalue weighted by Crippen LogP contribution is -2.02. The van der Waals surface area contributed by atoms with Crippen molar-refractivity contribution >= 4 is 28.0 Å². The van der Waals surface area contributed by atoms with Gasteiger partial charge in [0, 0.05) is 29.4 Å². The topological polar surface area (TPSA) is 85.4 Å². The molecule has 3 heterocycles. The highest BCUT2D eigenvalue weighted by Gasteiger charge is 2.17. The van der Waals surface area contributed by atoms with Crippen LogP contribution in [-0.4, -0.2) is 24.5 Å². The molecule has 7 heteroatoms. The molecular weight excluding hydrogens is 307 g/mol. The summed E-state index contributed by atoms with van der Waals surface area (Å²) in [6, 6.07) is 3.64. The van der Waals surface area contributed by atoms with Crippen LogP contribution in [0.4, 0.5) is 10.3 Å². The van der Waals surface area contributed by atoms with E-state index in [1.807, 2.05) is 17.6 Å². The van der Waals surface area contributed by atoms with E-state index in [0.29, 0.717) is 11.2 Å². The maximum atomic E-state index is 14.6. The minimum absolute atomic E-state index is 0.191. The first-order valence-corrected chi connectivity index (χ1v) is 7.73. The summed E-state index contributed by atoms with van der Waals surface area (Å²) < 4.78 is 16.7. The normalized spacial score (nSPS) is 11.9. The number of fused-ring (bicyclic) bond motifs is 2. The summed E-state index contributed by atoms with van der Waals surface area (Å²) in [7, 11) is 0. The van der Waals surface area contributed by atoms with E-state index < -0.39 is 0 Å². The van der Waals surface area contributed by atoms with Gasteiger partial charge in [0.2, 0.25) is 5.95 Å². The number of H-pyrrole nitrogens is 1. The molecule has 0 amide bonds. The molecule has 24 heavy (non-hydrogen) atoms. The van der Waals surface area contributed by atoms with Gasteiger partial charge in [0.05, 0.1) is 5.52 Å². The van der Waals surface area contributed by atoms with Crippen molar-refractivity contribution < 1.29 is 4.39 Å². The zero-order chi connectivity index (χ0) is 17.0. The monoisotopic (exact) mass is 324 g/mol. The lowest BCUT2D eigenvalue weighted by atomic mass is 10.1. The lowest BCUT2D eigenvalue weighted by molar-refractivity contribution is 0.600. The van der Waals surface area contributed by atoms with E-state index in [0.717, 1.165) is 27.9 Å². The fourth-order valence-electron chi connectivity index (χ4n) is 3.24. The highest BCUT2D eigenvalue weighted by Crippen LogP contribution is 2.32. The van der Waals surface area contributed by atoms with Gasteiger partial charge in [-0.25, -0.2) is 14.4 Å². The van der Waals surface area contributed by atoms with Crippen molar-refractivity contribution in [1.82, 2.24) is 24.5 Å². The molecule has 0 saturated carbocycles. The summed E-state index contributed by atoms with van der Waals surface area (Å²) in [5.41, 5.74) is 9.00. The van der Waals surface area contributed by atoms with Crippen molar-refractivity contribution in [2.24, 2.45) is 0 Å². The van der Waals surface area contributed by atoms with Crippen LogP contribution in [0.15, 0.2) is 24.5 Å². The van der Waals surface area contributed by atoms with Crippen LogP contribution in [-0.2, 0) is 0 Å². The van der Waals surface area contributed by atoms with Gasteiger partial charge in [-0.3, -0.25) is 0 Å². The van der Waals surface area contributed by atoms with E-state index in [2.05, 4.69) is 33.8 Å². The van der Waals surface area contributed by atoms with Crippen LogP contribution in [0.5, 0.6) is 0 Å². The summed E-state index contributed by atoms with van der Waals surface area (Å²) in [6.45, 7) is 6.00. The Kier molecular flexibility index (Phi) is 3.06. The molecule has 0 fully saturated rings. The smallest absolute Gasteiger partial charge is 0.221 e. The number of hydrogen-bond donors (Lipinski definition) is 2. The molecule has 3 aromatic heterocycles. The molecule has 0 aliphatic rings. The number of nitrogen functional groups attached to an aromatic ring is 1. The molecule has 4 aromatic rings. The molecule has 0 radical (unpaired) electrons. The first kappa shape index (κ1) is 14.6. The van der Waals surface area contributed by atoms with Crippen molar-refractivity contribution in [2.45, 2.75) is 26.8 Å². The first-order valence-electron chi connectivity index (χ1n) is 7.73. The molecule has 0 aliphatic heterocycles. The van der Waals surface area contributed by atoms with Crippen LogP contribution in [0.2, 0.25) is 0 Å². The van der Waals surface area contributed by atoms with E-state index in [1.54, 1.807) is 12.4 Å². The largest absolute Gasteiger partial charge is 0.368 e. The molecule has 4 rings (SSSR count). The Hall–Kier alpha value is -2.96.